The van der Waals surface area contributed by atoms with Gasteiger partial charge in [-0.1, -0.05) is 39.8 Å². The van der Waals surface area contributed by atoms with Gasteiger partial charge in [0.05, 0.1) is 19.3 Å². The van der Waals surface area contributed by atoms with Gasteiger partial charge in [-0.2, -0.15) is 0 Å². The normalized spacial score (nSPS) is 18.4. The van der Waals surface area contributed by atoms with E-state index in [9.17, 15) is 4.79 Å². The van der Waals surface area contributed by atoms with Gasteiger partial charge in [0.1, 0.15) is 6.10 Å². The van der Waals surface area contributed by atoms with Crippen LogP contribution in [-0.2, 0) is 9.47 Å². The Hall–Kier alpha value is -1.03. The monoisotopic (exact) mass is 269 g/mol. The fraction of sp³-hybridized carbons (Fsp3) is 0.800. The van der Waals surface area contributed by atoms with Crippen LogP contribution in [0.3, 0.4) is 0 Å². The first-order valence-corrected chi connectivity index (χ1v) is 7.15. The van der Waals surface area contributed by atoms with Crippen molar-refractivity contribution in [3.63, 3.8) is 0 Å². The molecule has 1 aliphatic rings. The lowest BCUT2D eigenvalue weighted by Gasteiger charge is -2.28. The van der Waals surface area contributed by atoms with Crippen LogP contribution >= 0.6 is 0 Å². The highest BCUT2D eigenvalue weighted by Crippen LogP contribution is 2.19. The first-order chi connectivity index (χ1) is 8.91. The van der Waals surface area contributed by atoms with Crippen LogP contribution < -0.4 is 5.32 Å². The van der Waals surface area contributed by atoms with Crippen LogP contribution in [0.25, 0.3) is 0 Å². The molecule has 0 spiro atoms. The van der Waals surface area contributed by atoms with Gasteiger partial charge in [-0.05, 0) is 11.8 Å². The van der Waals surface area contributed by atoms with Crippen molar-refractivity contribution in [2.45, 2.75) is 52.7 Å². The minimum atomic E-state index is -0.340. The second kappa shape index (κ2) is 7.53. The van der Waals surface area contributed by atoms with Gasteiger partial charge in [-0.15, -0.1) is 0 Å². The Bertz CT molecular complexity index is 307. The number of alkyl carbamates (subject to hydrolysis) is 1. The van der Waals surface area contributed by atoms with Crippen LogP contribution in [0.2, 0.25) is 0 Å². The molecule has 1 saturated heterocycles. The number of hydrogen-bond acceptors (Lipinski definition) is 3. The average molecular weight is 269 g/mol. The molecule has 0 aromatic heterocycles. The zero-order valence-corrected chi connectivity index (χ0v) is 12.6. The first-order valence-electron chi connectivity index (χ1n) is 7.15. The number of amides is 1. The fourth-order valence-corrected chi connectivity index (χ4v) is 2.15. The van der Waals surface area contributed by atoms with E-state index < -0.39 is 0 Å². The zero-order chi connectivity index (χ0) is 14.4. The van der Waals surface area contributed by atoms with Gasteiger partial charge < -0.3 is 14.8 Å². The maximum absolute atomic E-state index is 11.9. The van der Waals surface area contributed by atoms with Gasteiger partial charge in [-0.3, -0.25) is 0 Å². The molecular formula is C15H27NO3. The minimum absolute atomic E-state index is 0.0196. The van der Waals surface area contributed by atoms with Crippen molar-refractivity contribution in [2.24, 2.45) is 11.8 Å². The van der Waals surface area contributed by atoms with E-state index in [0.717, 1.165) is 18.4 Å². The summed E-state index contributed by atoms with van der Waals surface area (Å²) in [6.45, 7) is 13.8. The molecule has 0 bridgehead atoms. The molecule has 0 aliphatic carbocycles. The molecule has 1 heterocycles. The van der Waals surface area contributed by atoms with E-state index in [1.807, 2.05) is 0 Å². The van der Waals surface area contributed by atoms with Crippen molar-refractivity contribution in [3.05, 3.63) is 12.2 Å². The maximum Gasteiger partial charge on any atom is 0.407 e. The molecule has 110 valence electrons. The van der Waals surface area contributed by atoms with Crippen LogP contribution in [0, 0.1) is 11.8 Å². The Morgan fingerprint density at radius 2 is 1.84 bits per heavy atom. The van der Waals surface area contributed by atoms with Crippen molar-refractivity contribution in [2.75, 3.05) is 13.2 Å². The molecular weight excluding hydrogens is 242 g/mol. The predicted molar refractivity (Wildman–Crippen MR) is 76.1 cm³/mol. The van der Waals surface area contributed by atoms with Crippen molar-refractivity contribution in [1.82, 2.24) is 5.32 Å². The molecule has 4 heteroatoms. The van der Waals surface area contributed by atoms with E-state index in [1.165, 1.54) is 0 Å². The van der Waals surface area contributed by atoms with E-state index >= 15 is 0 Å². The molecule has 0 aromatic carbocycles. The van der Waals surface area contributed by atoms with E-state index in [0.29, 0.717) is 25.0 Å². The topological polar surface area (TPSA) is 47.6 Å². The quantitative estimate of drug-likeness (QED) is 0.780. The Morgan fingerprint density at radius 1 is 1.26 bits per heavy atom. The second-order valence-corrected chi connectivity index (χ2v) is 5.81. The minimum Gasteiger partial charge on any atom is -0.446 e. The number of nitrogens with one attached hydrogen (secondary N) is 1. The standard InChI is InChI=1S/C15H27NO3/c1-10(2)12(5)14(11(3)4)16-15(17)19-13-6-8-18-9-7-13/h10-11,13-14H,5-9H2,1-4H3,(H,16,17). The summed E-state index contributed by atoms with van der Waals surface area (Å²) in [7, 11) is 0. The Kier molecular flexibility index (Phi) is 6.35. The van der Waals surface area contributed by atoms with E-state index in [1.54, 1.807) is 0 Å². The smallest absolute Gasteiger partial charge is 0.407 e. The Labute approximate surface area is 116 Å². The molecule has 1 rings (SSSR count). The van der Waals surface area contributed by atoms with Crippen molar-refractivity contribution in [1.29, 1.82) is 0 Å². The molecule has 1 fully saturated rings. The maximum atomic E-state index is 11.9. The van der Waals surface area contributed by atoms with E-state index in [2.05, 4.69) is 39.6 Å². The summed E-state index contributed by atoms with van der Waals surface area (Å²) < 4.78 is 10.7. The summed E-state index contributed by atoms with van der Waals surface area (Å²) in [5.41, 5.74) is 1.04. The van der Waals surface area contributed by atoms with Gasteiger partial charge >= 0.3 is 6.09 Å². The third-order valence-corrected chi connectivity index (χ3v) is 3.52. The molecule has 19 heavy (non-hydrogen) atoms. The van der Waals surface area contributed by atoms with E-state index in [-0.39, 0.29) is 18.2 Å². The number of hydrogen-bond donors (Lipinski definition) is 1. The van der Waals surface area contributed by atoms with Crippen LogP contribution in [0.5, 0.6) is 0 Å². The van der Waals surface area contributed by atoms with Crippen molar-refractivity contribution < 1.29 is 14.3 Å². The Morgan fingerprint density at radius 3 is 2.32 bits per heavy atom. The average Bonchev–Trinajstić information content (AvgIpc) is 2.36. The third kappa shape index (κ3) is 5.23. The lowest BCUT2D eigenvalue weighted by Crippen LogP contribution is -2.43. The Balaban J connectivity index is 2.49. The number of ether oxygens (including phenoxy) is 2. The van der Waals surface area contributed by atoms with E-state index in [4.69, 9.17) is 9.47 Å². The molecule has 1 aliphatic heterocycles. The van der Waals surface area contributed by atoms with Crippen molar-refractivity contribution in [3.8, 4) is 0 Å². The molecule has 1 amide bonds. The van der Waals surface area contributed by atoms with Crippen LogP contribution in [0.1, 0.15) is 40.5 Å². The molecule has 0 saturated carbocycles. The number of carbonyl (C=O) groups is 1. The predicted octanol–water partition coefficient (Wildman–Crippen LogP) is 3.13. The molecule has 1 unspecified atom stereocenters. The molecule has 1 N–H and O–H groups in total. The van der Waals surface area contributed by atoms with Gasteiger partial charge in [0.2, 0.25) is 0 Å². The molecule has 0 radical (unpaired) electrons. The fourth-order valence-electron chi connectivity index (χ4n) is 2.15. The van der Waals surface area contributed by atoms with Crippen LogP contribution in [0.15, 0.2) is 12.2 Å². The molecule has 0 aromatic rings. The van der Waals surface area contributed by atoms with Gasteiger partial charge in [0.15, 0.2) is 0 Å². The lowest BCUT2D eigenvalue weighted by atomic mass is 9.90. The summed E-state index contributed by atoms with van der Waals surface area (Å²) >= 11 is 0. The highest BCUT2D eigenvalue weighted by Gasteiger charge is 2.24. The summed E-state index contributed by atoms with van der Waals surface area (Å²) in [6.07, 6.45) is 1.21. The highest BCUT2D eigenvalue weighted by molar-refractivity contribution is 5.68. The number of rotatable bonds is 5. The van der Waals surface area contributed by atoms with Crippen LogP contribution in [0.4, 0.5) is 4.79 Å². The first kappa shape index (κ1) is 16.0. The largest absolute Gasteiger partial charge is 0.446 e. The summed E-state index contributed by atoms with van der Waals surface area (Å²) in [5, 5.41) is 2.94. The number of carbonyl (C=O) groups excluding carboxylic acids is 1. The van der Waals surface area contributed by atoms with Gasteiger partial charge in [0, 0.05) is 12.8 Å². The third-order valence-electron chi connectivity index (χ3n) is 3.52. The van der Waals surface area contributed by atoms with Gasteiger partial charge in [0.25, 0.3) is 0 Å². The second-order valence-electron chi connectivity index (χ2n) is 5.81. The van der Waals surface area contributed by atoms with Crippen molar-refractivity contribution >= 4 is 6.09 Å². The van der Waals surface area contributed by atoms with Crippen LogP contribution in [-0.4, -0.2) is 31.5 Å². The zero-order valence-electron chi connectivity index (χ0n) is 12.6. The lowest BCUT2D eigenvalue weighted by molar-refractivity contribution is 0.000654. The summed E-state index contributed by atoms with van der Waals surface area (Å²) in [6, 6.07) is -0.0349. The highest BCUT2D eigenvalue weighted by atomic mass is 16.6. The molecule has 4 nitrogen and oxygen atoms in total. The molecule has 1 atom stereocenters. The SMILES string of the molecule is C=C(C(C)C)C(NC(=O)OC1CCOCC1)C(C)C. The summed E-state index contributed by atoms with van der Waals surface area (Å²) in [5.74, 6) is 0.646. The summed E-state index contributed by atoms with van der Waals surface area (Å²) in [4.78, 5) is 11.9. The van der Waals surface area contributed by atoms with Gasteiger partial charge in [-0.25, -0.2) is 4.79 Å².